The van der Waals surface area contributed by atoms with E-state index in [9.17, 15) is 9.59 Å². The summed E-state index contributed by atoms with van der Waals surface area (Å²) in [5, 5.41) is 6.29. The molecule has 1 fully saturated rings. The molecule has 114 valence electrons. The number of hydrogen-bond acceptors (Lipinski definition) is 3. The fourth-order valence-corrected chi connectivity index (χ4v) is 2.85. The van der Waals surface area contributed by atoms with E-state index in [0.29, 0.717) is 36.8 Å². The molecule has 7 heteroatoms. The van der Waals surface area contributed by atoms with Gasteiger partial charge in [-0.1, -0.05) is 27.5 Å². The van der Waals surface area contributed by atoms with Crippen LogP contribution in [0.4, 0.5) is 0 Å². The molecule has 1 atom stereocenters. The van der Waals surface area contributed by atoms with Gasteiger partial charge < -0.3 is 15.5 Å². The molecule has 0 spiro atoms. The summed E-state index contributed by atoms with van der Waals surface area (Å²) in [6.07, 6.45) is 0. The summed E-state index contributed by atoms with van der Waals surface area (Å²) in [4.78, 5) is 26.4. The molecule has 0 bridgehead atoms. The van der Waals surface area contributed by atoms with Crippen LogP contribution in [0.1, 0.15) is 17.3 Å². The van der Waals surface area contributed by atoms with Gasteiger partial charge in [0.05, 0.1) is 10.6 Å². The number of nitrogens with one attached hydrogen (secondary N) is 2. The van der Waals surface area contributed by atoms with Crippen LogP contribution >= 0.6 is 27.5 Å². The maximum absolute atomic E-state index is 12.7. The summed E-state index contributed by atoms with van der Waals surface area (Å²) in [6.45, 7) is 3.97. The van der Waals surface area contributed by atoms with Crippen molar-refractivity contribution in [2.45, 2.75) is 13.0 Å². The first-order valence-electron chi connectivity index (χ1n) is 6.79. The lowest BCUT2D eigenvalue weighted by atomic mass is 10.1. The second kappa shape index (κ2) is 7.24. The van der Waals surface area contributed by atoms with Crippen LogP contribution in [0.5, 0.6) is 0 Å². The van der Waals surface area contributed by atoms with Crippen molar-refractivity contribution in [1.29, 1.82) is 0 Å². The van der Waals surface area contributed by atoms with E-state index in [1.807, 2.05) is 6.92 Å². The normalized spacial score (nSPS) is 18.4. The number of hydrogen-bond donors (Lipinski definition) is 2. The minimum Gasteiger partial charge on any atom is -0.355 e. The summed E-state index contributed by atoms with van der Waals surface area (Å²) < 4.78 is 0.778. The van der Waals surface area contributed by atoms with E-state index in [1.54, 1.807) is 23.1 Å². The van der Waals surface area contributed by atoms with Gasteiger partial charge in [0.15, 0.2) is 0 Å². The monoisotopic (exact) mass is 373 g/mol. The van der Waals surface area contributed by atoms with Gasteiger partial charge in [-0.2, -0.15) is 0 Å². The Morgan fingerprint density at radius 1 is 1.52 bits per heavy atom. The second-order valence-electron chi connectivity index (χ2n) is 4.74. The van der Waals surface area contributed by atoms with Gasteiger partial charge in [-0.3, -0.25) is 9.59 Å². The minimum atomic E-state index is -0.513. The van der Waals surface area contributed by atoms with Gasteiger partial charge in [0, 0.05) is 30.7 Å². The number of carbonyl (C=O) groups excluding carboxylic acids is 2. The van der Waals surface area contributed by atoms with Crippen molar-refractivity contribution in [1.82, 2.24) is 15.5 Å². The van der Waals surface area contributed by atoms with Crippen molar-refractivity contribution in [2.75, 3.05) is 26.2 Å². The maximum Gasteiger partial charge on any atom is 0.256 e. The van der Waals surface area contributed by atoms with E-state index < -0.39 is 6.04 Å². The molecule has 0 aliphatic carbocycles. The van der Waals surface area contributed by atoms with Gasteiger partial charge in [0.2, 0.25) is 5.91 Å². The molecule has 21 heavy (non-hydrogen) atoms. The Balaban J connectivity index is 2.26. The summed E-state index contributed by atoms with van der Waals surface area (Å²) in [5.74, 6) is -0.372. The zero-order valence-corrected chi connectivity index (χ0v) is 14.0. The molecule has 1 heterocycles. The average molecular weight is 375 g/mol. The van der Waals surface area contributed by atoms with Crippen LogP contribution in [-0.2, 0) is 4.79 Å². The van der Waals surface area contributed by atoms with Gasteiger partial charge in [0.1, 0.15) is 6.04 Å². The van der Waals surface area contributed by atoms with Gasteiger partial charge in [-0.15, -0.1) is 0 Å². The lowest BCUT2D eigenvalue weighted by molar-refractivity contribution is -0.126. The Kier molecular flexibility index (Phi) is 5.61. The van der Waals surface area contributed by atoms with Gasteiger partial charge in [-0.05, 0) is 25.1 Å². The summed E-state index contributed by atoms with van der Waals surface area (Å²) >= 11 is 9.45. The molecule has 2 rings (SSSR count). The van der Waals surface area contributed by atoms with Crippen molar-refractivity contribution in [3.63, 3.8) is 0 Å². The molecule has 2 amide bonds. The highest BCUT2D eigenvalue weighted by Crippen LogP contribution is 2.23. The predicted octanol–water partition coefficient (Wildman–Crippen LogP) is 1.65. The predicted molar refractivity (Wildman–Crippen MR) is 85.5 cm³/mol. The van der Waals surface area contributed by atoms with E-state index in [4.69, 9.17) is 11.6 Å². The van der Waals surface area contributed by atoms with E-state index in [1.165, 1.54) is 0 Å². The second-order valence-corrected chi connectivity index (χ2v) is 6.06. The smallest absolute Gasteiger partial charge is 0.256 e. The van der Waals surface area contributed by atoms with Crippen LogP contribution < -0.4 is 10.6 Å². The number of rotatable bonds is 3. The maximum atomic E-state index is 12.7. The molecule has 1 aliphatic rings. The fourth-order valence-electron chi connectivity index (χ4n) is 2.29. The molecule has 0 aromatic heterocycles. The molecular weight excluding hydrogens is 358 g/mol. The SMILES string of the molecule is CCNC(=O)C1CNCCN1C(=O)c1cc(Br)ccc1Cl. The largest absolute Gasteiger partial charge is 0.355 e. The van der Waals surface area contributed by atoms with Crippen molar-refractivity contribution in [3.8, 4) is 0 Å². The van der Waals surface area contributed by atoms with E-state index >= 15 is 0 Å². The summed E-state index contributed by atoms with van der Waals surface area (Å²) in [7, 11) is 0. The molecule has 1 aromatic rings. The molecule has 5 nitrogen and oxygen atoms in total. The minimum absolute atomic E-state index is 0.149. The number of carbonyl (C=O) groups is 2. The third-order valence-electron chi connectivity index (χ3n) is 3.32. The van der Waals surface area contributed by atoms with Gasteiger partial charge in [-0.25, -0.2) is 0 Å². The third kappa shape index (κ3) is 3.75. The van der Waals surface area contributed by atoms with Crippen LogP contribution in [0.25, 0.3) is 0 Å². The Labute approximate surface area is 137 Å². The first-order chi connectivity index (χ1) is 10.0. The number of amides is 2. The molecule has 1 aliphatic heterocycles. The van der Waals surface area contributed by atoms with Gasteiger partial charge in [0.25, 0.3) is 5.91 Å². The zero-order valence-electron chi connectivity index (χ0n) is 11.7. The van der Waals surface area contributed by atoms with Crippen LogP contribution in [-0.4, -0.2) is 48.9 Å². The zero-order chi connectivity index (χ0) is 15.4. The number of benzene rings is 1. The van der Waals surface area contributed by atoms with Gasteiger partial charge >= 0.3 is 0 Å². The lowest BCUT2D eigenvalue weighted by Crippen LogP contribution is -2.59. The third-order valence-corrected chi connectivity index (χ3v) is 4.14. The van der Waals surface area contributed by atoms with Crippen LogP contribution in [0.2, 0.25) is 5.02 Å². The summed E-state index contributed by atoms with van der Waals surface area (Å²) in [6, 6.07) is 4.61. The van der Waals surface area contributed by atoms with Crippen LogP contribution in [0.3, 0.4) is 0 Å². The van der Waals surface area contributed by atoms with E-state index in [0.717, 1.165) is 4.47 Å². The Morgan fingerprint density at radius 2 is 2.29 bits per heavy atom. The number of nitrogens with zero attached hydrogens (tertiary/aromatic N) is 1. The number of piperazine rings is 1. The highest BCUT2D eigenvalue weighted by atomic mass is 79.9. The van der Waals surface area contributed by atoms with Crippen molar-refractivity contribution < 1.29 is 9.59 Å². The van der Waals surface area contributed by atoms with Crippen LogP contribution in [0.15, 0.2) is 22.7 Å². The highest BCUT2D eigenvalue weighted by molar-refractivity contribution is 9.10. The molecule has 1 saturated heterocycles. The molecule has 1 unspecified atom stereocenters. The number of halogens is 2. The fraction of sp³-hybridized carbons (Fsp3) is 0.429. The topological polar surface area (TPSA) is 61.4 Å². The standard InChI is InChI=1S/C14H17BrClN3O2/c1-2-18-13(20)12-8-17-5-6-19(12)14(21)10-7-9(15)3-4-11(10)16/h3-4,7,12,17H,2,5-6,8H2,1H3,(H,18,20). The average Bonchev–Trinajstić information content (AvgIpc) is 2.49. The molecule has 1 aromatic carbocycles. The summed E-state index contributed by atoms with van der Waals surface area (Å²) in [5.41, 5.74) is 0.405. The lowest BCUT2D eigenvalue weighted by Gasteiger charge is -2.35. The molecule has 0 saturated carbocycles. The highest BCUT2D eigenvalue weighted by Gasteiger charge is 2.33. The van der Waals surface area contributed by atoms with E-state index in [2.05, 4.69) is 26.6 Å². The van der Waals surface area contributed by atoms with Crippen LogP contribution in [0, 0.1) is 0 Å². The molecular formula is C14H17BrClN3O2. The quantitative estimate of drug-likeness (QED) is 0.846. The van der Waals surface area contributed by atoms with Crippen molar-refractivity contribution >= 4 is 39.3 Å². The molecule has 2 N–H and O–H groups in total. The van der Waals surface area contributed by atoms with Crippen molar-refractivity contribution in [2.24, 2.45) is 0 Å². The Bertz CT molecular complexity index is 553. The first kappa shape index (κ1) is 16.3. The Morgan fingerprint density at radius 3 is 3.00 bits per heavy atom. The molecule has 0 radical (unpaired) electrons. The van der Waals surface area contributed by atoms with E-state index in [-0.39, 0.29) is 11.8 Å². The first-order valence-corrected chi connectivity index (χ1v) is 7.96. The Hall–Kier alpha value is -1.11. The van der Waals surface area contributed by atoms with Crippen molar-refractivity contribution in [3.05, 3.63) is 33.3 Å². The number of likely N-dealkylation sites (N-methyl/N-ethyl adjacent to an activating group) is 1.